The predicted octanol–water partition coefficient (Wildman–Crippen LogP) is 6.16. The van der Waals surface area contributed by atoms with E-state index in [1.165, 1.54) is 6.07 Å². The fraction of sp³-hybridized carbons (Fsp3) is 0.200. The number of nitrogens with zero attached hydrogens (tertiary/aromatic N) is 4. The number of carbonyl (C=O) groups is 1. The van der Waals surface area contributed by atoms with Gasteiger partial charge in [-0.25, -0.2) is 19.2 Å². The van der Waals surface area contributed by atoms with Gasteiger partial charge in [0.25, 0.3) is 0 Å². The molecule has 0 aliphatic rings. The number of nitrogen functional groups attached to an aromatic ring is 1. The van der Waals surface area contributed by atoms with Crippen molar-refractivity contribution in [1.29, 1.82) is 0 Å². The second kappa shape index (κ2) is 12.8. The number of hydrogen-bond acceptors (Lipinski definition) is 7. The minimum absolute atomic E-state index is 0.312. The number of aromatic nitrogens is 4. The Morgan fingerprint density at radius 2 is 1.79 bits per heavy atom. The first kappa shape index (κ1) is 30.8. The number of rotatable bonds is 7. The molecule has 1 atom stereocenters. The molecule has 0 aliphatic heterocycles. The third kappa shape index (κ3) is 7.18. The van der Waals surface area contributed by atoms with Gasteiger partial charge in [0.1, 0.15) is 23.4 Å². The number of halogens is 4. The Balaban J connectivity index is 0.000000541. The third-order valence-electron chi connectivity index (χ3n) is 6.53. The number of anilines is 2. The molecule has 0 aliphatic carbocycles. The number of nitrogens with two attached hydrogens (primary N) is 1. The summed E-state index contributed by atoms with van der Waals surface area (Å²) in [6.45, 7) is 2.05. The summed E-state index contributed by atoms with van der Waals surface area (Å²) < 4.78 is 53.9. The van der Waals surface area contributed by atoms with E-state index < -0.39 is 18.2 Å². The molecular formula is C30H28F4N6O3. The quantitative estimate of drug-likeness (QED) is 0.191. The van der Waals surface area contributed by atoms with Crippen molar-refractivity contribution in [2.24, 2.45) is 7.05 Å². The van der Waals surface area contributed by atoms with Crippen LogP contribution < -0.4 is 15.8 Å². The monoisotopic (exact) mass is 596 g/mol. The molecule has 5 rings (SSSR count). The SMILES string of the molecule is CCc1ccc(F)c(C(Nc2ccc3c(N)nccc3c2)c2nc(-c3ccc(OC)cc3)nn2C)c1.O=C(O)C(F)(F)F. The van der Waals surface area contributed by atoms with Crippen LogP contribution in [0, 0.1) is 5.82 Å². The molecule has 224 valence electrons. The van der Waals surface area contributed by atoms with Crippen LogP contribution in [0.2, 0.25) is 0 Å². The third-order valence-corrected chi connectivity index (χ3v) is 6.53. The smallest absolute Gasteiger partial charge is 0.490 e. The molecule has 1 unspecified atom stereocenters. The number of hydrogen-bond donors (Lipinski definition) is 3. The van der Waals surface area contributed by atoms with Gasteiger partial charge in [0, 0.05) is 35.4 Å². The zero-order valence-electron chi connectivity index (χ0n) is 23.4. The fourth-order valence-electron chi connectivity index (χ4n) is 4.28. The number of fused-ring (bicyclic) bond motifs is 1. The van der Waals surface area contributed by atoms with E-state index in [0.29, 0.717) is 23.0 Å². The highest BCUT2D eigenvalue weighted by molar-refractivity contribution is 5.93. The number of aryl methyl sites for hydroxylation is 2. The largest absolute Gasteiger partial charge is 0.497 e. The number of aliphatic carboxylic acids is 1. The molecule has 2 aromatic heterocycles. The van der Waals surface area contributed by atoms with E-state index in [9.17, 15) is 13.2 Å². The molecule has 0 bridgehead atoms. The van der Waals surface area contributed by atoms with E-state index in [0.717, 1.165) is 39.8 Å². The summed E-state index contributed by atoms with van der Waals surface area (Å²) in [4.78, 5) is 17.9. The fourth-order valence-corrected chi connectivity index (χ4v) is 4.28. The van der Waals surface area contributed by atoms with Crippen LogP contribution in [0.3, 0.4) is 0 Å². The van der Waals surface area contributed by atoms with Gasteiger partial charge in [0.2, 0.25) is 0 Å². The maximum absolute atomic E-state index is 15.3. The molecule has 0 fully saturated rings. The number of ether oxygens (including phenoxy) is 1. The van der Waals surface area contributed by atoms with Crippen LogP contribution in [0.15, 0.2) is 72.9 Å². The summed E-state index contributed by atoms with van der Waals surface area (Å²) in [5.74, 6) is -0.719. The predicted molar refractivity (Wildman–Crippen MR) is 154 cm³/mol. The van der Waals surface area contributed by atoms with Crippen LogP contribution in [0.5, 0.6) is 5.75 Å². The standard InChI is InChI=1S/C28H27FN6O.C2HF3O2/c1-4-17-5-12-24(29)23(15-17)25(32-20-8-11-22-19(16-20)13-14-31-26(22)30)28-33-27(34-35(28)2)18-6-9-21(36-3)10-7-18;3-2(4,5)1(6)7/h5-16,25,32H,4H2,1-3H3,(H2,30,31);(H,6,7). The van der Waals surface area contributed by atoms with Crippen molar-refractivity contribution in [3.8, 4) is 17.1 Å². The van der Waals surface area contributed by atoms with Gasteiger partial charge >= 0.3 is 12.1 Å². The van der Waals surface area contributed by atoms with Crippen molar-refractivity contribution in [3.05, 3.63) is 95.7 Å². The zero-order valence-corrected chi connectivity index (χ0v) is 23.4. The highest BCUT2D eigenvalue weighted by atomic mass is 19.4. The molecule has 0 amide bonds. The normalized spacial score (nSPS) is 11.9. The number of carboxylic acid groups (broad SMARTS) is 1. The maximum atomic E-state index is 15.3. The molecule has 0 radical (unpaired) electrons. The Labute approximate surface area is 244 Å². The van der Waals surface area contributed by atoms with Crippen LogP contribution in [-0.4, -0.2) is 44.1 Å². The number of alkyl halides is 3. The molecule has 4 N–H and O–H groups in total. The lowest BCUT2D eigenvalue weighted by molar-refractivity contribution is -0.192. The molecule has 5 aromatic rings. The Kier molecular flexibility index (Phi) is 9.12. The van der Waals surface area contributed by atoms with E-state index in [-0.39, 0.29) is 5.82 Å². The summed E-state index contributed by atoms with van der Waals surface area (Å²) in [5.41, 5.74) is 9.20. The summed E-state index contributed by atoms with van der Waals surface area (Å²) >= 11 is 0. The number of methoxy groups -OCH3 is 1. The van der Waals surface area contributed by atoms with Crippen LogP contribution >= 0.6 is 0 Å². The highest BCUT2D eigenvalue weighted by Gasteiger charge is 2.38. The van der Waals surface area contributed by atoms with E-state index in [1.54, 1.807) is 24.1 Å². The Morgan fingerprint density at radius 1 is 1.09 bits per heavy atom. The first-order valence-corrected chi connectivity index (χ1v) is 13.0. The lowest BCUT2D eigenvalue weighted by Crippen LogP contribution is -2.21. The first-order chi connectivity index (χ1) is 20.4. The van der Waals surface area contributed by atoms with Crippen molar-refractivity contribution in [2.75, 3.05) is 18.2 Å². The molecule has 3 aromatic carbocycles. The van der Waals surface area contributed by atoms with E-state index in [2.05, 4.69) is 15.4 Å². The van der Waals surface area contributed by atoms with E-state index >= 15 is 4.39 Å². The van der Waals surface area contributed by atoms with Crippen molar-refractivity contribution < 1.29 is 32.2 Å². The van der Waals surface area contributed by atoms with Gasteiger partial charge in [0.05, 0.1) is 7.11 Å². The lowest BCUT2D eigenvalue weighted by atomic mass is 10.0. The van der Waals surface area contributed by atoms with Gasteiger partial charge in [0.15, 0.2) is 11.6 Å². The zero-order chi connectivity index (χ0) is 31.3. The van der Waals surface area contributed by atoms with E-state index in [1.807, 2.05) is 68.6 Å². The molecule has 2 heterocycles. The van der Waals surface area contributed by atoms with Crippen LogP contribution in [0.4, 0.5) is 29.1 Å². The van der Waals surface area contributed by atoms with Crippen molar-refractivity contribution in [1.82, 2.24) is 19.7 Å². The molecule has 13 heteroatoms. The van der Waals surface area contributed by atoms with Crippen molar-refractivity contribution >= 4 is 28.2 Å². The van der Waals surface area contributed by atoms with Gasteiger partial charge in [-0.05, 0) is 72.0 Å². The number of benzene rings is 3. The van der Waals surface area contributed by atoms with Gasteiger partial charge in [-0.3, -0.25) is 4.68 Å². The Bertz CT molecular complexity index is 1740. The Morgan fingerprint density at radius 3 is 2.42 bits per heavy atom. The molecule has 0 saturated carbocycles. The molecular weight excluding hydrogens is 568 g/mol. The minimum atomic E-state index is -5.08. The number of carboxylic acids is 1. The Hall–Kier alpha value is -5.20. The molecule has 9 nitrogen and oxygen atoms in total. The first-order valence-electron chi connectivity index (χ1n) is 13.0. The molecule has 0 spiro atoms. The second-order valence-corrected chi connectivity index (χ2v) is 9.37. The highest BCUT2D eigenvalue weighted by Crippen LogP contribution is 2.32. The second-order valence-electron chi connectivity index (χ2n) is 9.37. The number of pyridine rings is 1. The molecule has 43 heavy (non-hydrogen) atoms. The van der Waals surface area contributed by atoms with Gasteiger partial charge < -0.3 is 20.9 Å². The van der Waals surface area contributed by atoms with Crippen LogP contribution in [0.1, 0.15) is 29.9 Å². The molecule has 0 saturated heterocycles. The summed E-state index contributed by atoms with van der Waals surface area (Å²) in [6, 6.07) is 19.8. The summed E-state index contributed by atoms with van der Waals surface area (Å²) in [5, 5.41) is 17.1. The van der Waals surface area contributed by atoms with Gasteiger partial charge in [-0.2, -0.15) is 18.3 Å². The van der Waals surface area contributed by atoms with Crippen molar-refractivity contribution in [2.45, 2.75) is 25.6 Å². The van der Waals surface area contributed by atoms with E-state index in [4.69, 9.17) is 25.4 Å². The lowest BCUT2D eigenvalue weighted by Gasteiger charge is -2.21. The maximum Gasteiger partial charge on any atom is 0.490 e. The van der Waals surface area contributed by atoms with Crippen LogP contribution in [-0.2, 0) is 18.3 Å². The van der Waals surface area contributed by atoms with Gasteiger partial charge in [-0.15, -0.1) is 0 Å². The average molecular weight is 597 g/mol. The van der Waals surface area contributed by atoms with Crippen molar-refractivity contribution in [3.63, 3.8) is 0 Å². The topological polar surface area (TPSA) is 128 Å². The number of nitrogens with one attached hydrogen (secondary N) is 1. The van der Waals surface area contributed by atoms with Crippen LogP contribution in [0.25, 0.3) is 22.2 Å². The van der Waals surface area contributed by atoms with Gasteiger partial charge in [-0.1, -0.05) is 19.1 Å². The summed E-state index contributed by atoms with van der Waals surface area (Å²) in [7, 11) is 3.44. The minimum Gasteiger partial charge on any atom is -0.497 e. The average Bonchev–Trinajstić information content (AvgIpc) is 3.37. The summed E-state index contributed by atoms with van der Waals surface area (Å²) in [6.07, 6.45) is -2.62.